The van der Waals surface area contributed by atoms with Gasteiger partial charge < -0.3 is 9.47 Å². The minimum absolute atomic E-state index is 0.465. The van der Waals surface area contributed by atoms with Gasteiger partial charge in [0.1, 0.15) is 5.75 Å². The quantitative estimate of drug-likeness (QED) is 0.231. The summed E-state index contributed by atoms with van der Waals surface area (Å²) in [6.45, 7) is 4.04. The van der Waals surface area contributed by atoms with Gasteiger partial charge in [0, 0.05) is 28.8 Å². The molecule has 2 atom stereocenters. The van der Waals surface area contributed by atoms with E-state index < -0.39 is 23.8 Å². The number of benzene rings is 3. The zero-order valence-electron chi connectivity index (χ0n) is 19.7. The monoisotopic (exact) mass is 533 g/mol. The van der Waals surface area contributed by atoms with E-state index in [1.165, 1.54) is 0 Å². The lowest BCUT2D eigenvalue weighted by Crippen LogP contribution is -2.45. The molecule has 0 aliphatic carbocycles. The summed E-state index contributed by atoms with van der Waals surface area (Å²) in [7, 11) is 0. The number of amides is 1. The highest BCUT2D eigenvalue weighted by molar-refractivity contribution is 9.09. The van der Waals surface area contributed by atoms with E-state index in [1.807, 2.05) is 91.2 Å². The van der Waals surface area contributed by atoms with Gasteiger partial charge in [-0.2, -0.15) is 0 Å². The molecule has 1 N–H and O–H groups in total. The van der Waals surface area contributed by atoms with Crippen LogP contribution in [0.1, 0.15) is 20.1 Å². The number of nitrogens with one attached hydrogen (secondary N) is 1. The summed E-state index contributed by atoms with van der Waals surface area (Å²) in [6.07, 6.45) is 3.31. The molecule has 0 saturated carbocycles. The molecule has 7 heteroatoms. The highest BCUT2D eigenvalue weighted by Crippen LogP contribution is 2.36. The van der Waals surface area contributed by atoms with Crippen molar-refractivity contribution in [1.29, 1.82) is 0 Å². The topological polar surface area (TPSA) is 65.4 Å². The van der Waals surface area contributed by atoms with Crippen LogP contribution in [0.4, 0.5) is 10.5 Å². The lowest BCUT2D eigenvalue weighted by molar-refractivity contribution is -0.0687. The Bertz CT molecular complexity index is 1200. The Kier molecular flexibility index (Phi) is 7.87. The summed E-state index contributed by atoms with van der Waals surface area (Å²) in [6, 6.07) is 27.3. The number of para-hydroxylation sites is 1. The van der Waals surface area contributed by atoms with Crippen molar-refractivity contribution < 1.29 is 14.3 Å². The number of anilines is 1. The van der Waals surface area contributed by atoms with Crippen molar-refractivity contribution in [3.05, 3.63) is 104 Å². The molecule has 3 aromatic carbocycles. The Morgan fingerprint density at radius 2 is 1.60 bits per heavy atom. The number of imidazole rings is 1. The molecule has 1 heterocycles. The summed E-state index contributed by atoms with van der Waals surface area (Å²) in [5.41, 5.74) is 2.41. The number of rotatable bonds is 9. The lowest BCUT2D eigenvalue weighted by atomic mass is 9.87. The maximum absolute atomic E-state index is 12.9. The van der Waals surface area contributed by atoms with Crippen LogP contribution in [-0.4, -0.2) is 27.1 Å². The Morgan fingerprint density at radius 1 is 0.971 bits per heavy atom. The van der Waals surface area contributed by atoms with Crippen LogP contribution in [0, 0.1) is 5.41 Å². The summed E-state index contributed by atoms with van der Waals surface area (Å²) < 4.78 is 14.3. The third-order valence-electron chi connectivity index (χ3n) is 5.66. The fraction of sp³-hybridized carbons (Fsp3) is 0.214. The van der Waals surface area contributed by atoms with Crippen LogP contribution in [0.25, 0.3) is 11.1 Å². The van der Waals surface area contributed by atoms with Crippen LogP contribution in [-0.2, 0) is 4.74 Å². The molecule has 0 aliphatic rings. The van der Waals surface area contributed by atoms with Crippen LogP contribution in [0.2, 0.25) is 0 Å². The van der Waals surface area contributed by atoms with E-state index in [0.29, 0.717) is 16.8 Å². The smallest absolute Gasteiger partial charge is 0.412 e. The van der Waals surface area contributed by atoms with Gasteiger partial charge in [0.15, 0.2) is 6.10 Å². The summed E-state index contributed by atoms with van der Waals surface area (Å²) in [5.74, 6) is 0.658. The van der Waals surface area contributed by atoms with E-state index >= 15 is 0 Å². The number of alkyl halides is 1. The Hall–Kier alpha value is -3.58. The molecule has 0 aliphatic heterocycles. The predicted molar refractivity (Wildman–Crippen MR) is 142 cm³/mol. The molecule has 0 fully saturated rings. The molecule has 180 valence electrons. The van der Waals surface area contributed by atoms with Crippen molar-refractivity contribution in [2.45, 2.75) is 26.2 Å². The van der Waals surface area contributed by atoms with Crippen molar-refractivity contribution in [2.24, 2.45) is 5.41 Å². The molecule has 0 spiro atoms. The molecule has 0 bridgehead atoms. The minimum atomic E-state index is -0.645. The molecular formula is C28H28BrN3O3. The van der Waals surface area contributed by atoms with Crippen LogP contribution in [0.15, 0.2) is 104 Å². The zero-order chi connectivity index (χ0) is 24.7. The Labute approximate surface area is 214 Å². The fourth-order valence-corrected chi connectivity index (χ4v) is 3.98. The van der Waals surface area contributed by atoms with E-state index in [2.05, 4.69) is 38.4 Å². The van der Waals surface area contributed by atoms with Gasteiger partial charge in [-0.1, -0.05) is 90.4 Å². The summed E-state index contributed by atoms with van der Waals surface area (Å²) in [5, 5.41) is 3.39. The number of aromatic nitrogens is 2. The van der Waals surface area contributed by atoms with Gasteiger partial charge in [0.25, 0.3) is 0 Å². The molecule has 2 unspecified atom stereocenters. The maximum Gasteiger partial charge on any atom is 0.412 e. The van der Waals surface area contributed by atoms with Crippen LogP contribution < -0.4 is 10.1 Å². The van der Waals surface area contributed by atoms with Crippen molar-refractivity contribution in [3.63, 3.8) is 0 Å². The van der Waals surface area contributed by atoms with E-state index in [1.54, 1.807) is 18.7 Å². The van der Waals surface area contributed by atoms with Crippen LogP contribution >= 0.6 is 15.9 Å². The van der Waals surface area contributed by atoms with Gasteiger partial charge in [-0.25, -0.2) is 9.78 Å². The summed E-state index contributed by atoms with van der Waals surface area (Å²) in [4.78, 5) is 17.1. The first-order chi connectivity index (χ1) is 17.0. The average molecular weight is 534 g/mol. The third kappa shape index (κ3) is 6.31. The van der Waals surface area contributed by atoms with Crippen molar-refractivity contribution in [3.8, 4) is 16.9 Å². The SMILES string of the molecule is CC(C)(CBr)C(OC(=O)Nc1ccccc1)C(Oc1ccc(-c2ccccc2)cc1)n1ccnc1. The van der Waals surface area contributed by atoms with Crippen LogP contribution in [0.5, 0.6) is 5.75 Å². The number of ether oxygens (including phenoxy) is 2. The second-order valence-electron chi connectivity index (χ2n) is 8.85. The standard InChI is InChI=1S/C28H28BrN3O3/c1-28(2,19-29)25(35-27(33)31-23-11-7-4-8-12-23)26(32-18-17-30-20-32)34-24-15-13-22(14-16-24)21-9-5-3-6-10-21/h3-18,20,25-26H,19H2,1-2H3,(H,31,33). The molecular weight excluding hydrogens is 506 g/mol. The molecule has 0 saturated heterocycles. The number of carbonyl (C=O) groups is 1. The molecule has 4 aromatic rings. The maximum atomic E-state index is 12.9. The van der Waals surface area contributed by atoms with Crippen molar-refractivity contribution >= 4 is 27.7 Å². The first kappa shape index (κ1) is 24.5. The third-order valence-corrected chi connectivity index (χ3v) is 7.11. The van der Waals surface area contributed by atoms with Gasteiger partial charge >= 0.3 is 6.09 Å². The van der Waals surface area contributed by atoms with Crippen LogP contribution in [0.3, 0.4) is 0 Å². The highest BCUT2D eigenvalue weighted by Gasteiger charge is 2.41. The van der Waals surface area contributed by atoms with Gasteiger partial charge in [-0.15, -0.1) is 0 Å². The number of carbonyl (C=O) groups excluding carboxylic acids is 1. The van der Waals surface area contributed by atoms with E-state index in [0.717, 1.165) is 11.1 Å². The molecule has 4 rings (SSSR count). The molecule has 0 radical (unpaired) electrons. The van der Waals surface area contributed by atoms with Gasteiger partial charge in [0.2, 0.25) is 6.23 Å². The largest absolute Gasteiger partial charge is 0.466 e. The van der Waals surface area contributed by atoms with E-state index in [-0.39, 0.29) is 0 Å². The Morgan fingerprint density at radius 3 is 2.20 bits per heavy atom. The second-order valence-corrected chi connectivity index (χ2v) is 9.41. The fourth-order valence-electron chi connectivity index (χ4n) is 3.66. The number of nitrogens with zero attached hydrogens (tertiary/aromatic N) is 2. The van der Waals surface area contributed by atoms with Gasteiger partial charge in [-0.3, -0.25) is 9.88 Å². The zero-order valence-corrected chi connectivity index (χ0v) is 21.3. The van der Waals surface area contributed by atoms with Gasteiger partial charge in [-0.05, 0) is 35.4 Å². The highest BCUT2D eigenvalue weighted by atomic mass is 79.9. The van der Waals surface area contributed by atoms with E-state index in [4.69, 9.17) is 9.47 Å². The lowest BCUT2D eigenvalue weighted by Gasteiger charge is -2.37. The first-order valence-electron chi connectivity index (χ1n) is 11.3. The van der Waals surface area contributed by atoms with Crippen molar-refractivity contribution in [1.82, 2.24) is 9.55 Å². The Balaban J connectivity index is 1.60. The van der Waals surface area contributed by atoms with Gasteiger partial charge in [0.05, 0.1) is 6.33 Å². The molecule has 6 nitrogen and oxygen atoms in total. The minimum Gasteiger partial charge on any atom is -0.466 e. The molecule has 1 aromatic heterocycles. The molecule has 35 heavy (non-hydrogen) atoms. The van der Waals surface area contributed by atoms with Crippen molar-refractivity contribution in [2.75, 3.05) is 10.6 Å². The summed E-state index contributed by atoms with van der Waals surface area (Å²) >= 11 is 3.59. The number of hydrogen-bond acceptors (Lipinski definition) is 4. The first-order valence-corrected chi connectivity index (χ1v) is 12.5. The van der Waals surface area contributed by atoms with E-state index in [9.17, 15) is 4.79 Å². The number of hydrogen-bond donors (Lipinski definition) is 1. The molecule has 1 amide bonds. The average Bonchev–Trinajstić information content (AvgIpc) is 3.42. The normalized spacial score (nSPS) is 13.0. The number of halogens is 1. The predicted octanol–water partition coefficient (Wildman–Crippen LogP) is 7.17. The second kappa shape index (κ2) is 11.2.